The van der Waals surface area contributed by atoms with Gasteiger partial charge >= 0.3 is 0 Å². The molecule has 1 heterocycles. The van der Waals surface area contributed by atoms with E-state index >= 15 is 0 Å². The summed E-state index contributed by atoms with van der Waals surface area (Å²) >= 11 is 0. The van der Waals surface area contributed by atoms with Gasteiger partial charge in [-0.15, -0.1) is 0 Å². The maximum absolute atomic E-state index is 12.1. The van der Waals surface area contributed by atoms with Crippen LogP contribution >= 0.6 is 0 Å². The van der Waals surface area contributed by atoms with Gasteiger partial charge in [-0.2, -0.15) is 0 Å². The third-order valence-electron chi connectivity index (χ3n) is 4.62. The maximum atomic E-state index is 12.1. The molecule has 2 amide bonds. The number of hydrogen-bond donors (Lipinski definition) is 2. The lowest BCUT2D eigenvalue weighted by molar-refractivity contribution is -0.120. The molecule has 0 unspecified atom stereocenters. The van der Waals surface area contributed by atoms with Crippen LogP contribution in [0, 0.1) is 0 Å². The van der Waals surface area contributed by atoms with Crippen molar-refractivity contribution in [3.05, 3.63) is 29.8 Å². The smallest absolute Gasteiger partial charge is 0.251 e. The molecule has 7 nitrogen and oxygen atoms in total. The predicted molar refractivity (Wildman–Crippen MR) is 109 cm³/mol. The molecule has 156 valence electrons. The fourth-order valence-corrected chi connectivity index (χ4v) is 2.88. The number of morpholine rings is 1. The van der Waals surface area contributed by atoms with E-state index in [2.05, 4.69) is 22.5 Å². The van der Waals surface area contributed by atoms with Crippen LogP contribution in [-0.4, -0.2) is 69.3 Å². The van der Waals surface area contributed by atoms with Crippen molar-refractivity contribution in [2.45, 2.75) is 32.6 Å². The molecule has 0 bridgehead atoms. The van der Waals surface area contributed by atoms with Crippen molar-refractivity contribution < 1.29 is 19.1 Å². The van der Waals surface area contributed by atoms with E-state index in [1.807, 2.05) is 0 Å². The number of unbranched alkanes of at least 4 members (excludes halogenated alkanes) is 2. The first-order valence-corrected chi connectivity index (χ1v) is 10.3. The fraction of sp³-hybridized carbons (Fsp3) is 0.619. The van der Waals surface area contributed by atoms with Gasteiger partial charge in [0.25, 0.3) is 5.91 Å². The Morgan fingerprint density at radius 2 is 1.82 bits per heavy atom. The van der Waals surface area contributed by atoms with Crippen molar-refractivity contribution in [3.63, 3.8) is 0 Å². The molecule has 1 saturated heterocycles. The highest BCUT2D eigenvalue weighted by Gasteiger charge is 2.10. The Balaban J connectivity index is 1.55. The zero-order chi connectivity index (χ0) is 20.0. The summed E-state index contributed by atoms with van der Waals surface area (Å²) < 4.78 is 10.9. The van der Waals surface area contributed by atoms with Crippen LogP contribution in [0.4, 0.5) is 0 Å². The maximum Gasteiger partial charge on any atom is 0.251 e. The third kappa shape index (κ3) is 8.71. The Labute approximate surface area is 167 Å². The molecule has 2 N–H and O–H groups in total. The highest BCUT2D eigenvalue weighted by atomic mass is 16.5. The molecule has 1 aliphatic heterocycles. The molecular weight excluding hydrogens is 358 g/mol. The molecule has 1 fully saturated rings. The SMILES string of the molecule is CCCCOc1ccc(C(=O)NCC(=O)NCCCCN2CCOCC2)cc1. The van der Waals surface area contributed by atoms with Crippen molar-refractivity contribution in [2.24, 2.45) is 0 Å². The van der Waals surface area contributed by atoms with Gasteiger partial charge < -0.3 is 20.1 Å². The van der Waals surface area contributed by atoms with Gasteiger partial charge in [0.2, 0.25) is 5.91 Å². The molecule has 1 aromatic carbocycles. The summed E-state index contributed by atoms with van der Waals surface area (Å²) in [5.41, 5.74) is 0.515. The monoisotopic (exact) mass is 391 g/mol. The van der Waals surface area contributed by atoms with Crippen LogP contribution in [0.5, 0.6) is 5.75 Å². The van der Waals surface area contributed by atoms with Crippen molar-refractivity contribution in [1.29, 1.82) is 0 Å². The summed E-state index contributed by atoms with van der Waals surface area (Å²) in [4.78, 5) is 26.4. The van der Waals surface area contributed by atoms with Crippen LogP contribution < -0.4 is 15.4 Å². The first-order valence-electron chi connectivity index (χ1n) is 10.3. The molecule has 0 aliphatic carbocycles. The molecule has 1 aromatic rings. The van der Waals surface area contributed by atoms with E-state index in [1.54, 1.807) is 24.3 Å². The summed E-state index contributed by atoms with van der Waals surface area (Å²) in [6, 6.07) is 6.97. The second-order valence-electron chi connectivity index (χ2n) is 6.92. The highest BCUT2D eigenvalue weighted by molar-refractivity contribution is 5.96. The lowest BCUT2D eigenvalue weighted by Crippen LogP contribution is -2.38. The standard InChI is InChI=1S/C21H33N3O4/c1-2-3-14-28-19-8-6-18(7-9-19)21(26)23-17-20(25)22-10-4-5-11-24-12-15-27-16-13-24/h6-9H,2-5,10-17H2,1H3,(H,22,25)(H,23,26). The third-order valence-corrected chi connectivity index (χ3v) is 4.62. The normalized spacial score (nSPS) is 14.5. The first kappa shape index (κ1) is 22.2. The minimum absolute atomic E-state index is 0.0168. The van der Waals surface area contributed by atoms with E-state index < -0.39 is 0 Å². The minimum Gasteiger partial charge on any atom is -0.494 e. The molecule has 7 heteroatoms. The second-order valence-corrected chi connectivity index (χ2v) is 6.92. The summed E-state index contributed by atoms with van der Waals surface area (Å²) in [7, 11) is 0. The van der Waals surface area contributed by atoms with Crippen LogP contribution in [-0.2, 0) is 9.53 Å². The lowest BCUT2D eigenvalue weighted by atomic mass is 10.2. The van der Waals surface area contributed by atoms with E-state index in [1.165, 1.54) is 0 Å². The number of amides is 2. The van der Waals surface area contributed by atoms with E-state index in [0.29, 0.717) is 18.7 Å². The molecule has 0 saturated carbocycles. The number of ether oxygens (including phenoxy) is 2. The fourth-order valence-electron chi connectivity index (χ4n) is 2.88. The molecule has 28 heavy (non-hydrogen) atoms. The van der Waals surface area contributed by atoms with Crippen molar-refractivity contribution in [2.75, 3.05) is 52.5 Å². The number of hydrogen-bond acceptors (Lipinski definition) is 5. The van der Waals surface area contributed by atoms with Crippen molar-refractivity contribution in [3.8, 4) is 5.75 Å². The molecule has 1 aliphatic rings. The van der Waals surface area contributed by atoms with Gasteiger partial charge in [0.15, 0.2) is 0 Å². The number of carbonyl (C=O) groups is 2. The summed E-state index contributed by atoms with van der Waals surface area (Å²) in [6.07, 6.45) is 4.05. The van der Waals surface area contributed by atoms with Gasteiger partial charge in [-0.25, -0.2) is 0 Å². The number of benzene rings is 1. The summed E-state index contributed by atoms with van der Waals surface area (Å²) in [6.45, 7) is 8.03. The largest absolute Gasteiger partial charge is 0.494 e. The minimum atomic E-state index is -0.262. The van der Waals surface area contributed by atoms with Crippen LogP contribution in [0.1, 0.15) is 43.0 Å². The van der Waals surface area contributed by atoms with E-state index in [0.717, 1.165) is 64.3 Å². The lowest BCUT2D eigenvalue weighted by Gasteiger charge is -2.26. The number of carbonyl (C=O) groups excluding carboxylic acids is 2. The number of nitrogens with zero attached hydrogens (tertiary/aromatic N) is 1. The van der Waals surface area contributed by atoms with Gasteiger partial charge in [0, 0.05) is 25.2 Å². The van der Waals surface area contributed by atoms with Crippen LogP contribution in [0.25, 0.3) is 0 Å². The number of rotatable bonds is 12. The van der Waals surface area contributed by atoms with Crippen LogP contribution in [0.2, 0.25) is 0 Å². The Kier molecular flexibility index (Phi) is 10.4. The zero-order valence-electron chi connectivity index (χ0n) is 16.9. The Bertz CT molecular complexity index is 586. The van der Waals surface area contributed by atoms with E-state index in [9.17, 15) is 9.59 Å². The number of nitrogens with one attached hydrogen (secondary N) is 2. The van der Waals surface area contributed by atoms with Crippen LogP contribution in [0.15, 0.2) is 24.3 Å². The Morgan fingerprint density at radius 3 is 2.54 bits per heavy atom. The van der Waals surface area contributed by atoms with Gasteiger partial charge in [0.05, 0.1) is 26.4 Å². The Hall–Kier alpha value is -2.12. The summed E-state index contributed by atoms with van der Waals surface area (Å²) in [5.74, 6) is 0.321. The van der Waals surface area contributed by atoms with Gasteiger partial charge in [-0.3, -0.25) is 14.5 Å². The quantitative estimate of drug-likeness (QED) is 0.532. The summed E-state index contributed by atoms with van der Waals surface area (Å²) in [5, 5.41) is 5.50. The average molecular weight is 392 g/mol. The van der Waals surface area contributed by atoms with Crippen molar-refractivity contribution >= 4 is 11.8 Å². The van der Waals surface area contributed by atoms with Crippen LogP contribution in [0.3, 0.4) is 0 Å². The molecule has 0 radical (unpaired) electrons. The molecule has 2 rings (SSSR count). The highest BCUT2D eigenvalue weighted by Crippen LogP contribution is 2.12. The Morgan fingerprint density at radius 1 is 1.07 bits per heavy atom. The molecule has 0 spiro atoms. The molecule has 0 aromatic heterocycles. The zero-order valence-corrected chi connectivity index (χ0v) is 16.9. The second kappa shape index (κ2) is 13.1. The predicted octanol–water partition coefficient (Wildman–Crippen LogP) is 1.82. The molecular formula is C21H33N3O4. The average Bonchev–Trinajstić information content (AvgIpc) is 2.73. The van der Waals surface area contributed by atoms with Gasteiger partial charge in [-0.05, 0) is 50.1 Å². The van der Waals surface area contributed by atoms with Gasteiger partial charge in [-0.1, -0.05) is 13.3 Å². The van der Waals surface area contributed by atoms with E-state index in [4.69, 9.17) is 9.47 Å². The topological polar surface area (TPSA) is 79.9 Å². The van der Waals surface area contributed by atoms with Gasteiger partial charge in [0.1, 0.15) is 5.75 Å². The van der Waals surface area contributed by atoms with Crippen molar-refractivity contribution in [1.82, 2.24) is 15.5 Å². The van der Waals surface area contributed by atoms with E-state index in [-0.39, 0.29) is 18.4 Å². The first-order chi connectivity index (χ1) is 13.7. The molecule has 0 atom stereocenters.